The number of fused-ring (bicyclic) bond motifs is 1. The largest absolute Gasteiger partial charge is 0.381 e. The van der Waals surface area contributed by atoms with Crippen molar-refractivity contribution in [1.82, 2.24) is 10.2 Å². The van der Waals surface area contributed by atoms with Crippen molar-refractivity contribution in [3.63, 3.8) is 0 Å². The van der Waals surface area contributed by atoms with Gasteiger partial charge < -0.3 is 15.0 Å². The second-order valence-corrected chi connectivity index (χ2v) is 5.46. The summed E-state index contributed by atoms with van der Waals surface area (Å²) in [6, 6.07) is 0. The van der Waals surface area contributed by atoms with Crippen LogP contribution < -0.4 is 5.32 Å². The second kappa shape index (κ2) is 4.40. The van der Waals surface area contributed by atoms with Gasteiger partial charge in [-0.15, -0.1) is 0 Å². The molecule has 3 nitrogen and oxygen atoms in total. The lowest BCUT2D eigenvalue weighted by molar-refractivity contribution is 0.119. The van der Waals surface area contributed by atoms with Gasteiger partial charge in [0.2, 0.25) is 0 Å². The van der Waals surface area contributed by atoms with Crippen molar-refractivity contribution in [2.24, 2.45) is 17.8 Å². The smallest absolute Gasteiger partial charge is 0.0507 e. The summed E-state index contributed by atoms with van der Waals surface area (Å²) in [6.45, 7) is 8.44. The zero-order valence-electron chi connectivity index (χ0n) is 9.45. The monoisotopic (exact) mass is 210 g/mol. The Morgan fingerprint density at radius 2 is 2.13 bits per heavy atom. The summed E-state index contributed by atoms with van der Waals surface area (Å²) in [6.07, 6.45) is 2.69. The van der Waals surface area contributed by atoms with Gasteiger partial charge in [0.25, 0.3) is 0 Å². The average Bonchev–Trinajstić information content (AvgIpc) is 2.87. The Hall–Kier alpha value is -0.120. The van der Waals surface area contributed by atoms with Crippen molar-refractivity contribution < 1.29 is 4.74 Å². The number of likely N-dealkylation sites (tertiary alicyclic amines) is 1. The maximum absolute atomic E-state index is 5.45. The van der Waals surface area contributed by atoms with Crippen LogP contribution in [0.1, 0.15) is 12.8 Å². The molecule has 0 radical (unpaired) electrons. The fraction of sp³-hybridized carbons (Fsp3) is 1.00. The van der Waals surface area contributed by atoms with E-state index in [-0.39, 0.29) is 0 Å². The van der Waals surface area contributed by atoms with Crippen molar-refractivity contribution in [3.05, 3.63) is 0 Å². The van der Waals surface area contributed by atoms with Crippen molar-refractivity contribution in [2.45, 2.75) is 12.8 Å². The predicted octanol–water partition coefficient (Wildman–Crippen LogP) is 0.564. The van der Waals surface area contributed by atoms with Crippen LogP contribution in [0, 0.1) is 17.8 Å². The molecule has 0 saturated carbocycles. The van der Waals surface area contributed by atoms with Crippen LogP contribution in [0.15, 0.2) is 0 Å². The molecule has 3 atom stereocenters. The van der Waals surface area contributed by atoms with Crippen LogP contribution in [0.5, 0.6) is 0 Å². The fourth-order valence-corrected chi connectivity index (χ4v) is 3.37. The van der Waals surface area contributed by atoms with E-state index < -0.39 is 0 Å². The minimum atomic E-state index is 0.816. The van der Waals surface area contributed by atoms with Crippen LogP contribution in [0.3, 0.4) is 0 Å². The summed E-state index contributed by atoms with van der Waals surface area (Å²) < 4.78 is 5.45. The van der Waals surface area contributed by atoms with Crippen LogP contribution in [0.2, 0.25) is 0 Å². The molecule has 0 bridgehead atoms. The van der Waals surface area contributed by atoms with E-state index in [2.05, 4.69) is 10.2 Å². The van der Waals surface area contributed by atoms with Gasteiger partial charge in [-0.1, -0.05) is 0 Å². The molecule has 3 heterocycles. The molecule has 0 aromatic carbocycles. The highest BCUT2D eigenvalue weighted by molar-refractivity contribution is 4.88. The first kappa shape index (κ1) is 10.1. The lowest BCUT2D eigenvalue weighted by Gasteiger charge is -2.35. The summed E-state index contributed by atoms with van der Waals surface area (Å²) in [5, 5.41) is 3.53. The second-order valence-electron chi connectivity index (χ2n) is 5.46. The highest BCUT2D eigenvalue weighted by Gasteiger charge is 2.33. The van der Waals surface area contributed by atoms with Gasteiger partial charge in [0, 0.05) is 19.7 Å². The van der Waals surface area contributed by atoms with Gasteiger partial charge in [-0.05, 0) is 50.2 Å². The average molecular weight is 210 g/mol. The Balaban J connectivity index is 1.50. The van der Waals surface area contributed by atoms with Crippen LogP contribution in [-0.2, 0) is 4.74 Å². The molecule has 0 aliphatic carbocycles. The van der Waals surface area contributed by atoms with Crippen molar-refractivity contribution in [1.29, 1.82) is 0 Å². The molecule has 3 saturated heterocycles. The molecule has 3 aliphatic rings. The molecule has 3 rings (SSSR count). The predicted molar refractivity (Wildman–Crippen MR) is 59.8 cm³/mol. The first-order chi connectivity index (χ1) is 7.42. The number of nitrogens with one attached hydrogen (secondary N) is 1. The van der Waals surface area contributed by atoms with Crippen LogP contribution in [0.25, 0.3) is 0 Å². The number of hydrogen-bond donors (Lipinski definition) is 1. The zero-order valence-corrected chi connectivity index (χ0v) is 9.45. The van der Waals surface area contributed by atoms with Crippen molar-refractivity contribution >= 4 is 0 Å². The van der Waals surface area contributed by atoms with Crippen molar-refractivity contribution in [2.75, 3.05) is 45.9 Å². The molecule has 0 aromatic rings. The quantitative estimate of drug-likeness (QED) is 0.721. The first-order valence-electron chi connectivity index (χ1n) is 6.42. The standard InChI is InChI=1S/C12H22N2O/c1-3-14(7-10-2-4-15-9-10)8-12-6-13-5-11(1)12/h10-13H,1-9H2. The topological polar surface area (TPSA) is 24.5 Å². The fourth-order valence-electron chi connectivity index (χ4n) is 3.37. The van der Waals surface area contributed by atoms with E-state index in [1.165, 1.54) is 45.6 Å². The van der Waals surface area contributed by atoms with E-state index in [1.807, 2.05) is 0 Å². The molecular weight excluding hydrogens is 188 g/mol. The number of hydrogen-bond acceptors (Lipinski definition) is 3. The third-order valence-corrected chi connectivity index (χ3v) is 4.33. The molecule has 3 heteroatoms. The third-order valence-electron chi connectivity index (χ3n) is 4.33. The number of piperidine rings is 1. The maximum Gasteiger partial charge on any atom is 0.0507 e. The maximum atomic E-state index is 5.45. The highest BCUT2D eigenvalue weighted by atomic mass is 16.5. The zero-order chi connectivity index (χ0) is 10.1. The highest BCUT2D eigenvalue weighted by Crippen LogP contribution is 2.27. The lowest BCUT2D eigenvalue weighted by Crippen LogP contribution is -2.42. The minimum Gasteiger partial charge on any atom is -0.381 e. The Labute approximate surface area is 92.2 Å². The summed E-state index contributed by atoms with van der Waals surface area (Å²) in [5.74, 6) is 2.72. The molecule has 1 N–H and O–H groups in total. The molecule has 15 heavy (non-hydrogen) atoms. The van der Waals surface area contributed by atoms with Gasteiger partial charge >= 0.3 is 0 Å². The minimum absolute atomic E-state index is 0.816. The van der Waals surface area contributed by atoms with Gasteiger partial charge in [0.05, 0.1) is 6.61 Å². The molecule has 3 unspecified atom stereocenters. The number of nitrogens with zero attached hydrogens (tertiary/aromatic N) is 1. The summed E-state index contributed by atoms with van der Waals surface area (Å²) in [4.78, 5) is 2.67. The van der Waals surface area contributed by atoms with Gasteiger partial charge in [0.15, 0.2) is 0 Å². The molecule has 86 valence electrons. The summed E-state index contributed by atoms with van der Waals surface area (Å²) in [5.41, 5.74) is 0. The van der Waals surface area contributed by atoms with Crippen LogP contribution >= 0.6 is 0 Å². The van der Waals surface area contributed by atoms with E-state index in [9.17, 15) is 0 Å². The number of ether oxygens (including phenoxy) is 1. The normalized spacial score (nSPS) is 42.0. The Morgan fingerprint density at radius 3 is 3.00 bits per heavy atom. The van der Waals surface area contributed by atoms with E-state index in [0.29, 0.717) is 0 Å². The van der Waals surface area contributed by atoms with E-state index in [4.69, 9.17) is 4.74 Å². The third kappa shape index (κ3) is 2.19. The van der Waals surface area contributed by atoms with Crippen LogP contribution in [-0.4, -0.2) is 50.8 Å². The Kier molecular flexibility index (Phi) is 2.95. The molecule has 3 fully saturated rings. The molecular formula is C12H22N2O. The van der Waals surface area contributed by atoms with Crippen LogP contribution in [0.4, 0.5) is 0 Å². The first-order valence-corrected chi connectivity index (χ1v) is 6.42. The van der Waals surface area contributed by atoms with E-state index in [0.717, 1.165) is 31.0 Å². The SMILES string of the molecule is C1CC(CN2CCC3CNCC3C2)CO1. The summed E-state index contributed by atoms with van der Waals surface area (Å²) in [7, 11) is 0. The summed E-state index contributed by atoms with van der Waals surface area (Å²) >= 11 is 0. The van der Waals surface area contributed by atoms with Gasteiger partial charge in [-0.3, -0.25) is 0 Å². The van der Waals surface area contributed by atoms with E-state index in [1.54, 1.807) is 0 Å². The van der Waals surface area contributed by atoms with Gasteiger partial charge in [0.1, 0.15) is 0 Å². The molecule has 3 aliphatic heterocycles. The molecule has 0 aromatic heterocycles. The van der Waals surface area contributed by atoms with Gasteiger partial charge in [-0.2, -0.15) is 0 Å². The Bertz CT molecular complexity index is 214. The van der Waals surface area contributed by atoms with Crippen molar-refractivity contribution in [3.8, 4) is 0 Å². The lowest BCUT2D eigenvalue weighted by atomic mass is 9.88. The Morgan fingerprint density at radius 1 is 1.20 bits per heavy atom. The molecule has 0 spiro atoms. The molecule has 0 amide bonds. The van der Waals surface area contributed by atoms with Gasteiger partial charge in [-0.25, -0.2) is 0 Å². The van der Waals surface area contributed by atoms with E-state index >= 15 is 0 Å². The number of rotatable bonds is 2.